The van der Waals surface area contributed by atoms with Gasteiger partial charge in [-0.3, -0.25) is 4.57 Å². The molecular weight excluding hydrogens is 244 g/mol. The smallest absolute Gasteiger partial charge is 0.245 e. The number of nitrogens with zero attached hydrogens (tertiary/aromatic N) is 5. The second-order valence-electron chi connectivity index (χ2n) is 4.91. The average molecular weight is 262 g/mol. The highest BCUT2D eigenvalue weighted by molar-refractivity contribution is 5.78. The minimum atomic E-state index is 0.467. The number of anilines is 1. The van der Waals surface area contributed by atoms with Crippen molar-refractivity contribution >= 4 is 17.1 Å². The zero-order valence-corrected chi connectivity index (χ0v) is 11.2. The number of likely N-dealkylation sites (tertiary alicyclic amines) is 1. The lowest BCUT2D eigenvalue weighted by atomic mass is 10.2. The first-order valence-corrected chi connectivity index (χ1v) is 6.41. The lowest BCUT2D eigenvalue weighted by Crippen LogP contribution is -2.29. The van der Waals surface area contributed by atoms with Crippen molar-refractivity contribution in [2.75, 3.05) is 26.4 Å². The number of methoxy groups -OCH3 is 1. The van der Waals surface area contributed by atoms with Gasteiger partial charge in [0.15, 0.2) is 11.2 Å². The number of aromatic nitrogens is 4. The van der Waals surface area contributed by atoms with Gasteiger partial charge in [0.2, 0.25) is 11.8 Å². The highest BCUT2D eigenvalue weighted by Gasteiger charge is 2.24. The van der Waals surface area contributed by atoms with Crippen LogP contribution < -0.4 is 10.5 Å². The summed E-state index contributed by atoms with van der Waals surface area (Å²) in [6, 6.07) is 0.487. The van der Waals surface area contributed by atoms with E-state index in [9.17, 15) is 0 Å². The topological polar surface area (TPSA) is 82.1 Å². The fourth-order valence-electron chi connectivity index (χ4n) is 2.68. The number of rotatable bonds is 3. The van der Waals surface area contributed by atoms with Crippen LogP contribution in [0.1, 0.15) is 12.8 Å². The van der Waals surface area contributed by atoms with Crippen LogP contribution in [0.5, 0.6) is 5.88 Å². The first-order valence-electron chi connectivity index (χ1n) is 6.41. The number of hydrogen-bond acceptors (Lipinski definition) is 6. The molecule has 1 aliphatic heterocycles. The predicted molar refractivity (Wildman–Crippen MR) is 71.9 cm³/mol. The van der Waals surface area contributed by atoms with Crippen molar-refractivity contribution in [1.82, 2.24) is 24.4 Å². The molecule has 1 aliphatic rings. The largest absolute Gasteiger partial charge is 0.479 e. The molecule has 2 aromatic heterocycles. The molecule has 0 amide bonds. The Kier molecular flexibility index (Phi) is 2.98. The van der Waals surface area contributed by atoms with E-state index in [0.717, 1.165) is 18.7 Å². The molecule has 19 heavy (non-hydrogen) atoms. The molecule has 1 atom stereocenters. The second-order valence-corrected chi connectivity index (χ2v) is 4.91. The number of imidazole rings is 1. The van der Waals surface area contributed by atoms with Gasteiger partial charge >= 0.3 is 0 Å². The highest BCUT2D eigenvalue weighted by atomic mass is 16.5. The molecule has 3 heterocycles. The SMILES string of the molecule is COc1ncnc2c1nc(N)n2CC1CCCN1C. The molecule has 0 saturated carbocycles. The van der Waals surface area contributed by atoms with E-state index < -0.39 is 0 Å². The van der Waals surface area contributed by atoms with E-state index in [0.29, 0.717) is 23.4 Å². The molecule has 1 unspecified atom stereocenters. The van der Waals surface area contributed by atoms with Gasteiger partial charge < -0.3 is 15.4 Å². The summed E-state index contributed by atoms with van der Waals surface area (Å²) in [4.78, 5) is 15.0. The van der Waals surface area contributed by atoms with Gasteiger partial charge in [-0.25, -0.2) is 9.97 Å². The summed E-state index contributed by atoms with van der Waals surface area (Å²) in [7, 11) is 3.71. The van der Waals surface area contributed by atoms with Crippen LogP contribution in [0.25, 0.3) is 11.2 Å². The number of hydrogen-bond donors (Lipinski definition) is 1. The third-order valence-electron chi connectivity index (χ3n) is 3.79. The van der Waals surface area contributed by atoms with Crippen LogP contribution in [0, 0.1) is 0 Å². The van der Waals surface area contributed by atoms with Gasteiger partial charge in [-0.1, -0.05) is 0 Å². The summed E-state index contributed by atoms with van der Waals surface area (Å²) >= 11 is 0. The lowest BCUT2D eigenvalue weighted by molar-refractivity contribution is 0.285. The monoisotopic (exact) mass is 262 g/mol. The van der Waals surface area contributed by atoms with Crippen LogP contribution in [-0.2, 0) is 6.54 Å². The first-order chi connectivity index (χ1) is 9.20. The summed E-state index contributed by atoms with van der Waals surface area (Å²) in [5.74, 6) is 0.935. The predicted octanol–water partition coefficient (Wildman–Crippen LogP) is 0.511. The Balaban J connectivity index is 2.01. The van der Waals surface area contributed by atoms with Gasteiger partial charge in [-0.2, -0.15) is 4.98 Å². The summed E-state index contributed by atoms with van der Waals surface area (Å²) in [5, 5.41) is 0. The minimum Gasteiger partial charge on any atom is -0.479 e. The lowest BCUT2D eigenvalue weighted by Gasteiger charge is -2.20. The zero-order chi connectivity index (χ0) is 13.4. The number of fused-ring (bicyclic) bond motifs is 1. The summed E-state index contributed by atoms with van der Waals surface area (Å²) in [6.45, 7) is 1.94. The van der Waals surface area contributed by atoms with Crippen molar-refractivity contribution in [1.29, 1.82) is 0 Å². The number of likely N-dealkylation sites (N-methyl/N-ethyl adjacent to an activating group) is 1. The third-order valence-corrected chi connectivity index (χ3v) is 3.79. The molecule has 0 spiro atoms. The van der Waals surface area contributed by atoms with Gasteiger partial charge in [0.25, 0.3) is 0 Å². The maximum Gasteiger partial charge on any atom is 0.245 e. The van der Waals surface area contributed by atoms with Crippen LogP contribution >= 0.6 is 0 Å². The molecule has 2 N–H and O–H groups in total. The normalized spacial score (nSPS) is 20.2. The first kappa shape index (κ1) is 12.2. The van der Waals surface area contributed by atoms with E-state index in [1.807, 2.05) is 4.57 Å². The van der Waals surface area contributed by atoms with Crippen LogP contribution in [0.3, 0.4) is 0 Å². The molecule has 0 aromatic carbocycles. The molecule has 7 heteroatoms. The molecule has 1 fully saturated rings. The fraction of sp³-hybridized carbons (Fsp3) is 0.583. The van der Waals surface area contributed by atoms with E-state index in [1.54, 1.807) is 7.11 Å². The molecular formula is C12H18N6O. The quantitative estimate of drug-likeness (QED) is 0.868. The van der Waals surface area contributed by atoms with Gasteiger partial charge in [0, 0.05) is 12.6 Å². The van der Waals surface area contributed by atoms with E-state index in [-0.39, 0.29) is 0 Å². The highest BCUT2D eigenvalue weighted by Crippen LogP contribution is 2.25. The van der Waals surface area contributed by atoms with E-state index >= 15 is 0 Å². The molecule has 3 rings (SSSR count). The van der Waals surface area contributed by atoms with Crippen LogP contribution in [0.15, 0.2) is 6.33 Å². The third kappa shape index (κ3) is 1.99. The summed E-state index contributed by atoms with van der Waals surface area (Å²) in [6.07, 6.45) is 3.89. The van der Waals surface area contributed by atoms with Crippen molar-refractivity contribution in [2.24, 2.45) is 0 Å². The van der Waals surface area contributed by atoms with Crippen molar-refractivity contribution in [2.45, 2.75) is 25.4 Å². The summed E-state index contributed by atoms with van der Waals surface area (Å²) < 4.78 is 7.14. The van der Waals surface area contributed by atoms with Gasteiger partial charge in [-0.05, 0) is 26.4 Å². The Hall–Kier alpha value is -1.89. The zero-order valence-electron chi connectivity index (χ0n) is 11.2. The average Bonchev–Trinajstić information content (AvgIpc) is 2.95. The van der Waals surface area contributed by atoms with E-state index in [2.05, 4.69) is 26.9 Å². The van der Waals surface area contributed by atoms with Crippen molar-refractivity contribution in [3.05, 3.63) is 6.33 Å². The maximum atomic E-state index is 6.01. The van der Waals surface area contributed by atoms with E-state index in [1.165, 1.54) is 19.2 Å². The standard InChI is InChI=1S/C12H18N6O/c1-17-5-3-4-8(17)6-18-10-9(16-12(18)13)11(19-2)15-7-14-10/h7-8H,3-6H2,1-2H3,(H2,13,16). The van der Waals surface area contributed by atoms with Crippen LogP contribution in [-0.4, -0.2) is 51.2 Å². The Morgan fingerprint density at radius 3 is 3.00 bits per heavy atom. The van der Waals surface area contributed by atoms with Gasteiger partial charge in [-0.15, -0.1) is 0 Å². The number of nitrogen functional groups attached to an aromatic ring is 1. The van der Waals surface area contributed by atoms with Crippen molar-refractivity contribution in [3.8, 4) is 5.88 Å². The molecule has 7 nitrogen and oxygen atoms in total. The molecule has 1 saturated heterocycles. The van der Waals surface area contributed by atoms with Crippen LogP contribution in [0.2, 0.25) is 0 Å². The maximum absolute atomic E-state index is 6.01. The van der Waals surface area contributed by atoms with Crippen molar-refractivity contribution in [3.63, 3.8) is 0 Å². The minimum absolute atomic E-state index is 0.467. The second kappa shape index (κ2) is 4.65. The van der Waals surface area contributed by atoms with Gasteiger partial charge in [0.1, 0.15) is 6.33 Å². The number of nitrogens with two attached hydrogens (primary N) is 1. The summed E-state index contributed by atoms with van der Waals surface area (Å²) in [5.41, 5.74) is 7.38. The molecule has 0 bridgehead atoms. The molecule has 0 aliphatic carbocycles. The van der Waals surface area contributed by atoms with E-state index in [4.69, 9.17) is 10.5 Å². The fourth-order valence-corrected chi connectivity index (χ4v) is 2.68. The van der Waals surface area contributed by atoms with Crippen LogP contribution in [0.4, 0.5) is 5.95 Å². The Labute approximate surface area is 111 Å². The van der Waals surface area contributed by atoms with Crippen molar-refractivity contribution < 1.29 is 4.74 Å². The number of ether oxygens (including phenoxy) is 1. The Bertz CT molecular complexity index is 595. The Morgan fingerprint density at radius 1 is 1.47 bits per heavy atom. The molecule has 0 radical (unpaired) electrons. The molecule has 102 valence electrons. The molecule has 2 aromatic rings. The van der Waals surface area contributed by atoms with Gasteiger partial charge in [0.05, 0.1) is 7.11 Å². The Morgan fingerprint density at radius 2 is 2.32 bits per heavy atom.